The van der Waals surface area contributed by atoms with Crippen molar-refractivity contribution in [2.45, 2.75) is 46.0 Å². The number of ether oxygens (including phenoxy) is 1. The van der Waals surface area contributed by atoms with Crippen LogP contribution in [0.3, 0.4) is 0 Å². The van der Waals surface area contributed by atoms with Gasteiger partial charge in [0.2, 0.25) is 10.9 Å². The average Bonchev–Trinajstić information content (AvgIpc) is 2.26. The smallest absolute Gasteiger partial charge is 0.201 e. The number of thiol groups is 1. The topological polar surface area (TPSA) is 55.4 Å². The van der Waals surface area contributed by atoms with E-state index in [1.807, 2.05) is 0 Å². The molecule has 1 unspecified atom stereocenters. The van der Waals surface area contributed by atoms with Crippen molar-refractivity contribution >= 4 is 10.9 Å². The van der Waals surface area contributed by atoms with Crippen molar-refractivity contribution in [1.82, 2.24) is 4.72 Å². The van der Waals surface area contributed by atoms with Gasteiger partial charge in [-0.3, -0.25) is 0 Å². The molecule has 0 saturated heterocycles. The summed E-state index contributed by atoms with van der Waals surface area (Å²) < 4.78 is 28.3. The van der Waals surface area contributed by atoms with Crippen molar-refractivity contribution in [3.63, 3.8) is 0 Å². The van der Waals surface area contributed by atoms with Gasteiger partial charge in [0.15, 0.2) is 0 Å². The standard InChI is InChI=1S/C11H25NO3S/c1-3-5-7-11(4-2)10-15-9-6-8-12-16(13)14/h11,16H,3-10H2,1-2H3,(H,12,13,14). The average molecular weight is 251 g/mol. The molecule has 0 heterocycles. The Bertz CT molecular complexity index is 211. The summed E-state index contributed by atoms with van der Waals surface area (Å²) in [5.41, 5.74) is 0. The Kier molecular flexibility index (Phi) is 11.3. The van der Waals surface area contributed by atoms with Crippen molar-refractivity contribution < 1.29 is 13.2 Å². The SMILES string of the molecule is CCCCC(CC)COCCCN[SH](=O)=O. The molecule has 0 aliphatic carbocycles. The van der Waals surface area contributed by atoms with Gasteiger partial charge in [-0.25, -0.2) is 13.1 Å². The fraction of sp³-hybridized carbons (Fsp3) is 1.00. The molecular formula is C11H25NO3S. The van der Waals surface area contributed by atoms with Gasteiger partial charge >= 0.3 is 0 Å². The van der Waals surface area contributed by atoms with Crippen LogP contribution in [-0.4, -0.2) is 28.2 Å². The van der Waals surface area contributed by atoms with E-state index in [2.05, 4.69) is 18.6 Å². The molecular weight excluding hydrogens is 226 g/mol. The van der Waals surface area contributed by atoms with Gasteiger partial charge in [-0.2, -0.15) is 0 Å². The van der Waals surface area contributed by atoms with Gasteiger partial charge in [-0.1, -0.05) is 33.1 Å². The fourth-order valence-electron chi connectivity index (χ4n) is 1.49. The highest BCUT2D eigenvalue weighted by atomic mass is 32.2. The van der Waals surface area contributed by atoms with Crippen molar-refractivity contribution in [2.75, 3.05) is 19.8 Å². The van der Waals surface area contributed by atoms with Gasteiger partial charge in [-0.05, 0) is 18.8 Å². The molecule has 4 nitrogen and oxygen atoms in total. The molecule has 0 aliphatic heterocycles. The van der Waals surface area contributed by atoms with E-state index in [-0.39, 0.29) is 0 Å². The van der Waals surface area contributed by atoms with Crippen LogP contribution in [-0.2, 0) is 15.6 Å². The van der Waals surface area contributed by atoms with E-state index in [1.165, 1.54) is 19.3 Å². The molecule has 0 saturated carbocycles. The molecule has 98 valence electrons. The predicted molar refractivity (Wildman–Crippen MR) is 67.1 cm³/mol. The second kappa shape index (κ2) is 11.4. The highest BCUT2D eigenvalue weighted by Crippen LogP contribution is 2.12. The number of hydrogen-bond acceptors (Lipinski definition) is 3. The van der Waals surface area contributed by atoms with Crippen molar-refractivity contribution in [1.29, 1.82) is 0 Å². The fourth-order valence-corrected chi connectivity index (χ4v) is 1.83. The first kappa shape index (κ1) is 15.9. The maximum Gasteiger partial charge on any atom is 0.201 e. The van der Waals surface area contributed by atoms with E-state index in [4.69, 9.17) is 4.74 Å². The molecule has 0 aromatic carbocycles. The largest absolute Gasteiger partial charge is 0.381 e. The third kappa shape index (κ3) is 10.4. The first-order valence-electron chi connectivity index (χ1n) is 6.16. The van der Waals surface area contributed by atoms with E-state index in [9.17, 15) is 8.42 Å². The Hall–Kier alpha value is -0.130. The quantitative estimate of drug-likeness (QED) is 0.434. The van der Waals surface area contributed by atoms with Crippen LogP contribution in [0.25, 0.3) is 0 Å². The minimum absolute atomic E-state index is 0.477. The van der Waals surface area contributed by atoms with Gasteiger partial charge in [0.1, 0.15) is 0 Å². The second-order valence-corrected chi connectivity index (χ2v) is 4.84. The van der Waals surface area contributed by atoms with Crippen LogP contribution in [0.1, 0.15) is 46.0 Å². The maximum atomic E-state index is 10.2. The van der Waals surface area contributed by atoms with Gasteiger partial charge in [-0.15, -0.1) is 0 Å². The van der Waals surface area contributed by atoms with Crippen LogP contribution < -0.4 is 4.72 Å². The molecule has 0 aromatic rings. The molecule has 0 aromatic heterocycles. The van der Waals surface area contributed by atoms with Crippen molar-refractivity contribution in [3.8, 4) is 0 Å². The van der Waals surface area contributed by atoms with Crippen LogP contribution >= 0.6 is 0 Å². The molecule has 1 N–H and O–H groups in total. The zero-order valence-corrected chi connectivity index (χ0v) is 11.3. The van der Waals surface area contributed by atoms with E-state index >= 15 is 0 Å². The normalized spacial score (nSPS) is 13.2. The lowest BCUT2D eigenvalue weighted by molar-refractivity contribution is 0.0929. The van der Waals surface area contributed by atoms with Crippen molar-refractivity contribution in [3.05, 3.63) is 0 Å². The van der Waals surface area contributed by atoms with E-state index in [0.29, 0.717) is 19.1 Å². The molecule has 0 rings (SSSR count). The third-order valence-corrected chi connectivity index (χ3v) is 3.08. The number of rotatable bonds is 11. The number of hydrogen-bond donors (Lipinski definition) is 2. The minimum atomic E-state index is -2.45. The van der Waals surface area contributed by atoms with E-state index in [0.717, 1.165) is 19.4 Å². The monoisotopic (exact) mass is 251 g/mol. The van der Waals surface area contributed by atoms with Crippen LogP contribution in [0.2, 0.25) is 0 Å². The molecule has 0 aliphatic rings. The van der Waals surface area contributed by atoms with E-state index in [1.54, 1.807) is 0 Å². The Labute approximate surface area is 101 Å². The van der Waals surface area contributed by atoms with E-state index < -0.39 is 10.9 Å². The second-order valence-electron chi connectivity index (χ2n) is 4.01. The molecule has 16 heavy (non-hydrogen) atoms. The van der Waals surface area contributed by atoms with Gasteiger partial charge < -0.3 is 4.74 Å². The Morgan fingerprint density at radius 2 is 2.00 bits per heavy atom. The Morgan fingerprint density at radius 3 is 2.56 bits per heavy atom. The molecule has 1 atom stereocenters. The molecule has 0 bridgehead atoms. The lowest BCUT2D eigenvalue weighted by atomic mass is 10.0. The maximum absolute atomic E-state index is 10.2. The van der Waals surface area contributed by atoms with Gasteiger partial charge in [0, 0.05) is 19.8 Å². The van der Waals surface area contributed by atoms with Gasteiger partial charge in [0.25, 0.3) is 0 Å². The lowest BCUT2D eigenvalue weighted by Gasteiger charge is -2.14. The first-order chi connectivity index (χ1) is 7.70. The van der Waals surface area contributed by atoms with Crippen LogP contribution in [0.4, 0.5) is 0 Å². The van der Waals surface area contributed by atoms with Crippen LogP contribution in [0.5, 0.6) is 0 Å². The Morgan fingerprint density at radius 1 is 1.25 bits per heavy atom. The molecule has 0 fully saturated rings. The summed E-state index contributed by atoms with van der Waals surface area (Å²) in [5.74, 6) is 0.657. The zero-order chi connectivity index (χ0) is 12.2. The highest BCUT2D eigenvalue weighted by Gasteiger charge is 2.05. The molecule has 0 amide bonds. The minimum Gasteiger partial charge on any atom is -0.381 e. The Balaban J connectivity index is 3.33. The first-order valence-corrected chi connectivity index (χ1v) is 7.34. The summed E-state index contributed by atoms with van der Waals surface area (Å²) in [6.45, 7) is 6.31. The number of unbranched alkanes of at least 4 members (excludes halogenated alkanes) is 1. The summed E-state index contributed by atoms with van der Waals surface area (Å²) in [5, 5.41) is 0. The summed E-state index contributed by atoms with van der Waals surface area (Å²) in [6.07, 6.45) is 5.63. The summed E-state index contributed by atoms with van der Waals surface area (Å²) in [7, 11) is -2.45. The summed E-state index contributed by atoms with van der Waals surface area (Å²) in [4.78, 5) is 0. The molecule has 0 spiro atoms. The summed E-state index contributed by atoms with van der Waals surface area (Å²) >= 11 is 0. The lowest BCUT2D eigenvalue weighted by Crippen LogP contribution is -2.16. The predicted octanol–water partition coefficient (Wildman–Crippen LogP) is 1.73. The molecule has 5 heteroatoms. The van der Waals surface area contributed by atoms with Gasteiger partial charge in [0.05, 0.1) is 0 Å². The zero-order valence-electron chi connectivity index (χ0n) is 10.4. The van der Waals surface area contributed by atoms with Crippen LogP contribution in [0.15, 0.2) is 0 Å². The molecule has 0 radical (unpaired) electrons. The van der Waals surface area contributed by atoms with Crippen LogP contribution in [0, 0.1) is 5.92 Å². The highest BCUT2D eigenvalue weighted by molar-refractivity contribution is 7.70. The third-order valence-electron chi connectivity index (χ3n) is 2.60. The summed E-state index contributed by atoms with van der Waals surface area (Å²) in [6, 6.07) is 0. The van der Waals surface area contributed by atoms with Crippen molar-refractivity contribution in [2.24, 2.45) is 5.92 Å². The number of nitrogens with one attached hydrogen (secondary N) is 1.